The Morgan fingerprint density at radius 2 is 1.80 bits per heavy atom. The van der Waals surface area contributed by atoms with Crippen LogP contribution in [-0.4, -0.2) is 5.78 Å². The van der Waals surface area contributed by atoms with Crippen LogP contribution in [0.4, 0.5) is 0 Å². The van der Waals surface area contributed by atoms with E-state index < -0.39 is 0 Å². The molecule has 0 spiro atoms. The highest BCUT2D eigenvalue weighted by molar-refractivity contribution is 6.36. The van der Waals surface area contributed by atoms with Crippen molar-refractivity contribution in [1.29, 1.82) is 0 Å². The van der Waals surface area contributed by atoms with Gasteiger partial charge in [-0.3, -0.25) is 4.79 Å². The Hall–Kier alpha value is -1.57. The zero-order valence-electron chi connectivity index (χ0n) is 10.9. The van der Waals surface area contributed by atoms with Crippen LogP contribution in [0.2, 0.25) is 10.0 Å². The highest BCUT2D eigenvalue weighted by Gasteiger charge is 2.07. The molecule has 102 valence electrons. The van der Waals surface area contributed by atoms with E-state index >= 15 is 0 Å². The molecule has 1 nitrogen and oxygen atoms in total. The average molecular weight is 305 g/mol. The molecule has 20 heavy (non-hydrogen) atoms. The Bertz CT molecular complexity index is 630. The molecule has 0 aromatic heterocycles. The van der Waals surface area contributed by atoms with E-state index in [9.17, 15) is 4.79 Å². The summed E-state index contributed by atoms with van der Waals surface area (Å²) in [4.78, 5) is 11.9. The Morgan fingerprint density at radius 3 is 2.40 bits per heavy atom. The number of Topliss-reactive ketones (excluding diaryl/α,β-unsaturated/α-hetero) is 1. The summed E-state index contributed by atoms with van der Waals surface area (Å²) in [6, 6.07) is 12.8. The Labute approximate surface area is 128 Å². The molecule has 0 unspecified atom stereocenters. The Balaban J connectivity index is 2.23. The lowest BCUT2D eigenvalue weighted by molar-refractivity contribution is 0.0983. The number of ketones is 1. The summed E-state index contributed by atoms with van der Waals surface area (Å²) in [5.74, 6) is 0.124. The van der Waals surface area contributed by atoms with Gasteiger partial charge in [0.1, 0.15) is 0 Å². The van der Waals surface area contributed by atoms with Gasteiger partial charge in [-0.15, -0.1) is 6.58 Å². The van der Waals surface area contributed by atoms with Crippen LogP contribution < -0.4 is 0 Å². The van der Waals surface area contributed by atoms with E-state index in [2.05, 4.69) is 6.58 Å². The maximum atomic E-state index is 11.9. The molecule has 0 bridgehead atoms. The van der Waals surface area contributed by atoms with Crippen molar-refractivity contribution in [2.45, 2.75) is 12.8 Å². The molecule has 0 heterocycles. The lowest BCUT2D eigenvalue weighted by atomic mass is 10.0. The number of hydrogen-bond donors (Lipinski definition) is 0. The third-order valence-electron chi connectivity index (χ3n) is 3.02. The SMILES string of the molecule is C=CCCC(=O)c1ccc(-c2ccc(Cl)cc2Cl)cc1. The fourth-order valence-corrected chi connectivity index (χ4v) is 2.45. The summed E-state index contributed by atoms with van der Waals surface area (Å²) in [7, 11) is 0. The van der Waals surface area contributed by atoms with Crippen LogP contribution in [0.15, 0.2) is 55.1 Å². The van der Waals surface area contributed by atoms with Crippen LogP contribution in [0, 0.1) is 0 Å². The van der Waals surface area contributed by atoms with Crippen LogP contribution in [0.3, 0.4) is 0 Å². The van der Waals surface area contributed by atoms with Gasteiger partial charge in [0.2, 0.25) is 0 Å². The highest BCUT2D eigenvalue weighted by atomic mass is 35.5. The summed E-state index contributed by atoms with van der Waals surface area (Å²) in [6.45, 7) is 3.62. The normalized spacial score (nSPS) is 10.3. The molecule has 0 radical (unpaired) electrons. The van der Waals surface area contributed by atoms with Crippen molar-refractivity contribution in [1.82, 2.24) is 0 Å². The summed E-state index contributed by atoms with van der Waals surface area (Å²) in [5, 5.41) is 1.21. The van der Waals surface area contributed by atoms with Crippen molar-refractivity contribution in [3.8, 4) is 11.1 Å². The van der Waals surface area contributed by atoms with Crippen molar-refractivity contribution >= 4 is 29.0 Å². The van der Waals surface area contributed by atoms with Gasteiger partial charge in [0.05, 0.1) is 0 Å². The van der Waals surface area contributed by atoms with Gasteiger partial charge in [-0.25, -0.2) is 0 Å². The van der Waals surface area contributed by atoms with Crippen LogP contribution in [0.25, 0.3) is 11.1 Å². The second-order valence-corrected chi connectivity index (χ2v) is 5.30. The van der Waals surface area contributed by atoms with E-state index in [4.69, 9.17) is 23.2 Å². The van der Waals surface area contributed by atoms with Crippen LogP contribution in [0.5, 0.6) is 0 Å². The lowest BCUT2D eigenvalue weighted by Crippen LogP contribution is -1.97. The number of hydrogen-bond acceptors (Lipinski definition) is 1. The summed E-state index contributed by atoms with van der Waals surface area (Å²) in [6.07, 6.45) is 2.94. The topological polar surface area (TPSA) is 17.1 Å². The van der Waals surface area contributed by atoms with E-state index in [1.54, 1.807) is 18.2 Å². The molecule has 0 saturated carbocycles. The smallest absolute Gasteiger partial charge is 0.163 e. The van der Waals surface area contributed by atoms with Crippen molar-refractivity contribution in [2.24, 2.45) is 0 Å². The lowest BCUT2D eigenvalue weighted by Gasteiger charge is -2.06. The first kappa shape index (κ1) is 14.8. The molecule has 0 amide bonds. The number of carbonyl (C=O) groups is 1. The quantitative estimate of drug-likeness (QED) is 0.503. The van der Waals surface area contributed by atoms with E-state index in [1.807, 2.05) is 30.3 Å². The average Bonchev–Trinajstić information content (AvgIpc) is 2.45. The number of carbonyl (C=O) groups excluding carboxylic acids is 1. The number of halogens is 2. The fraction of sp³-hybridized carbons (Fsp3) is 0.118. The first-order chi connectivity index (χ1) is 9.61. The van der Waals surface area contributed by atoms with E-state index in [0.717, 1.165) is 11.1 Å². The predicted octanol–water partition coefficient (Wildman–Crippen LogP) is 5.81. The summed E-state index contributed by atoms with van der Waals surface area (Å²) >= 11 is 12.1. The predicted molar refractivity (Wildman–Crippen MR) is 85.7 cm³/mol. The third-order valence-corrected chi connectivity index (χ3v) is 3.57. The van der Waals surface area contributed by atoms with Gasteiger partial charge in [0.25, 0.3) is 0 Å². The van der Waals surface area contributed by atoms with Crippen LogP contribution >= 0.6 is 23.2 Å². The monoisotopic (exact) mass is 304 g/mol. The van der Waals surface area contributed by atoms with Crippen LogP contribution in [-0.2, 0) is 0 Å². The minimum Gasteiger partial charge on any atom is -0.294 e. The van der Waals surface area contributed by atoms with Gasteiger partial charge in [-0.1, -0.05) is 59.6 Å². The molecule has 0 atom stereocenters. The molecule has 0 aliphatic carbocycles. The summed E-state index contributed by atoms with van der Waals surface area (Å²) < 4.78 is 0. The number of allylic oxidation sites excluding steroid dienone is 1. The molecule has 2 aromatic carbocycles. The van der Waals surface area contributed by atoms with Gasteiger partial charge >= 0.3 is 0 Å². The molecule has 0 fully saturated rings. The van der Waals surface area contributed by atoms with Gasteiger partial charge in [0, 0.05) is 27.6 Å². The maximum Gasteiger partial charge on any atom is 0.163 e. The van der Waals surface area contributed by atoms with Crippen molar-refractivity contribution < 1.29 is 4.79 Å². The van der Waals surface area contributed by atoms with Gasteiger partial charge in [0.15, 0.2) is 5.78 Å². The minimum atomic E-state index is 0.124. The molecular weight excluding hydrogens is 291 g/mol. The second-order valence-electron chi connectivity index (χ2n) is 4.45. The molecule has 0 aliphatic heterocycles. The van der Waals surface area contributed by atoms with Gasteiger partial charge in [-0.05, 0) is 24.1 Å². The molecule has 2 aromatic rings. The first-order valence-electron chi connectivity index (χ1n) is 6.31. The Kier molecular flexibility index (Phi) is 4.99. The minimum absolute atomic E-state index is 0.124. The number of benzene rings is 2. The van der Waals surface area contributed by atoms with Gasteiger partial charge in [-0.2, -0.15) is 0 Å². The maximum absolute atomic E-state index is 11.9. The van der Waals surface area contributed by atoms with E-state index in [0.29, 0.717) is 28.5 Å². The molecular formula is C17H14Cl2O. The molecule has 0 aliphatic rings. The van der Waals surface area contributed by atoms with Crippen molar-refractivity contribution in [3.63, 3.8) is 0 Å². The highest BCUT2D eigenvalue weighted by Crippen LogP contribution is 2.30. The fourth-order valence-electron chi connectivity index (χ4n) is 1.94. The molecule has 0 saturated heterocycles. The zero-order chi connectivity index (χ0) is 14.5. The number of rotatable bonds is 5. The van der Waals surface area contributed by atoms with E-state index in [-0.39, 0.29) is 5.78 Å². The van der Waals surface area contributed by atoms with Crippen molar-refractivity contribution in [2.75, 3.05) is 0 Å². The van der Waals surface area contributed by atoms with Crippen LogP contribution in [0.1, 0.15) is 23.2 Å². The first-order valence-corrected chi connectivity index (χ1v) is 7.07. The van der Waals surface area contributed by atoms with Gasteiger partial charge < -0.3 is 0 Å². The van der Waals surface area contributed by atoms with Crippen molar-refractivity contribution in [3.05, 3.63) is 70.7 Å². The Morgan fingerprint density at radius 1 is 1.10 bits per heavy atom. The largest absolute Gasteiger partial charge is 0.294 e. The zero-order valence-corrected chi connectivity index (χ0v) is 12.4. The van der Waals surface area contributed by atoms with E-state index in [1.165, 1.54) is 0 Å². The molecule has 3 heteroatoms. The standard InChI is InChI=1S/C17H14Cl2O/c1-2-3-4-17(20)13-7-5-12(6-8-13)15-10-9-14(18)11-16(15)19/h2,5-11H,1,3-4H2. The summed E-state index contributed by atoms with van der Waals surface area (Å²) in [5.41, 5.74) is 2.58. The second kappa shape index (κ2) is 6.74. The molecule has 0 N–H and O–H groups in total. The molecule has 2 rings (SSSR count). The third kappa shape index (κ3) is 3.50.